The fourth-order valence-electron chi connectivity index (χ4n) is 7.54. The number of anilines is 1. The number of carbonyl (C=O) groups is 1. The highest BCUT2D eigenvalue weighted by atomic mass is 16.6. The van der Waals surface area contributed by atoms with Gasteiger partial charge in [0.05, 0.1) is 18.0 Å². The lowest BCUT2D eigenvalue weighted by Crippen LogP contribution is -2.61. The molecule has 1 fully saturated rings. The number of nitro benzene ring substituents is 1. The van der Waals surface area contributed by atoms with E-state index in [-0.39, 0.29) is 45.9 Å². The van der Waals surface area contributed by atoms with Gasteiger partial charge in [0.1, 0.15) is 5.75 Å². The average Bonchev–Trinajstić information content (AvgIpc) is 3.41. The van der Waals surface area contributed by atoms with Crippen LogP contribution in [-0.4, -0.2) is 46.2 Å². The molecule has 10 nitrogen and oxygen atoms in total. The molecule has 1 amide bonds. The third-order valence-electron chi connectivity index (χ3n) is 9.39. The van der Waals surface area contributed by atoms with Crippen molar-refractivity contribution in [3.05, 3.63) is 98.6 Å². The number of hydrogen-bond acceptors (Lipinski definition) is 6. The van der Waals surface area contributed by atoms with E-state index in [9.17, 15) is 19.7 Å². The number of carbonyl (C=O) groups excluding carboxylic acids is 1. The van der Waals surface area contributed by atoms with Gasteiger partial charge in [0.2, 0.25) is 5.91 Å². The Hall–Kier alpha value is -4.60. The molecule has 0 spiro atoms. The first kappa shape index (κ1) is 26.3. The summed E-state index contributed by atoms with van der Waals surface area (Å²) >= 11 is 0. The molecule has 4 aromatic rings. The molecule has 42 heavy (non-hydrogen) atoms. The molecule has 3 aliphatic rings. The molecule has 2 unspecified atom stereocenters. The molecule has 0 saturated carbocycles. The van der Waals surface area contributed by atoms with Crippen LogP contribution in [0.4, 0.5) is 11.4 Å². The van der Waals surface area contributed by atoms with E-state index in [1.807, 2.05) is 41.0 Å². The third kappa shape index (κ3) is 4.42. The van der Waals surface area contributed by atoms with E-state index in [1.165, 1.54) is 0 Å². The normalized spacial score (nSPS) is 22.2. The topological polar surface area (TPSA) is 112 Å². The monoisotopic (exact) mass is 567 g/mol. The summed E-state index contributed by atoms with van der Waals surface area (Å²) < 4.78 is 9.39. The maximum absolute atomic E-state index is 13.8. The Bertz CT molecular complexity index is 1760. The van der Waals surface area contributed by atoms with Crippen LogP contribution in [-0.2, 0) is 24.3 Å². The number of ether oxygens (including phenoxy) is 1. The summed E-state index contributed by atoms with van der Waals surface area (Å²) in [7, 11) is 1.66. The third-order valence-corrected chi connectivity index (χ3v) is 9.39. The van der Waals surface area contributed by atoms with Gasteiger partial charge in [-0.2, -0.15) is 0 Å². The van der Waals surface area contributed by atoms with E-state index in [4.69, 9.17) is 4.74 Å². The predicted molar refractivity (Wildman–Crippen MR) is 159 cm³/mol. The molecular formula is C32H33N5O5. The Morgan fingerprint density at radius 2 is 2.00 bits per heavy atom. The summed E-state index contributed by atoms with van der Waals surface area (Å²) in [5, 5.41) is 15.9. The molecule has 0 radical (unpaired) electrons. The van der Waals surface area contributed by atoms with Crippen molar-refractivity contribution in [2.75, 3.05) is 25.1 Å². The van der Waals surface area contributed by atoms with E-state index in [1.54, 1.807) is 25.3 Å². The highest BCUT2D eigenvalue weighted by molar-refractivity contribution is 5.83. The smallest absolute Gasteiger partial charge is 0.269 e. The number of nitro groups is 1. The second-order valence-electron chi connectivity index (χ2n) is 11.7. The summed E-state index contributed by atoms with van der Waals surface area (Å²) in [6.07, 6.45) is 4.17. The van der Waals surface area contributed by atoms with Crippen LogP contribution in [0.25, 0.3) is 10.9 Å². The fourth-order valence-corrected chi connectivity index (χ4v) is 7.54. The average molecular weight is 568 g/mol. The molecule has 216 valence electrons. The number of aryl methyl sites for hydroxylation is 1. The number of fused-ring (bicyclic) bond motifs is 9. The van der Waals surface area contributed by atoms with E-state index in [0.717, 1.165) is 53.0 Å². The Labute approximate surface area is 242 Å². The largest absolute Gasteiger partial charge is 0.497 e. The highest BCUT2D eigenvalue weighted by Gasteiger charge is 2.49. The molecule has 1 saturated heterocycles. The van der Waals surface area contributed by atoms with Crippen LogP contribution >= 0.6 is 0 Å². The van der Waals surface area contributed by atoms with Gasteiger partial charge >= 0.3 is 0 Å². The first-order valence-electron chi connectivity index (χ1n) is 14.6. The lowest BCUT2D eigenvalue weighted by molar-refractivity contribution is -0.384. The molecule has 2 bridgehead atoms. The van der Waals surface area contributed by atoms with Crippen molar-refractivity contribution in [1.29, 1.82) is 0 Å². The predicted octanol–water partition coefficient (Wildman–Crippen LogP) is 4.09. The van der Waals surface area contributed by atoms with Gasteiger partial charge in [-0.15, -0.1) is 0 Å². The standard InChI is InChI=1S/C32H33N5O5/c1-42-25-7-9-27-20(16-25)10-13-34(27)12-3-11-33-32(39)26-17-21-15-24(37(40)41)6-8-29(21)36-18-22-14-23(31(26)36)19-35-28(22)4-2-5-30(35)38/h2,4-10,13,15-16,22-23,26,31H,3,11-12,14,17-19H2,1H3,(H,33,39)/t22?,23?,26-,31+/m1/s1. The summed E-state index contributed by atoms with van der Waals surface area (Å²) in [6, 6.07) is 18.4. The molecule has 5 heterocycles. The zero-order valence-electron chi connectivity index (χ0n) is 23.4. The number of amides is 1. The number of methoxy groups -OCH3 is 1. The molecule has 2 aromatic carbocycles. The van der Waals surface area contributed by atoms with Crippen molar-refractivity contribution in [3.63, 3.8) is 0 Å². The van der Waals surface area contributed by atoms with Crippen molar-refractivity contribution in [3.8, 4) is 5.75 Å². The second kappa shape index (κ2) is 10.3. The Morgan fingerprint density at radius 1 is 1.12 bits per heavy atom. The quantitative estimate of drug-likeness (QED) is 0.205. The number of non-ortho nitro benzene ring substituents is 1. The zero-order chi connectivity index (χ0) is 29.0. The van der Waals surface area contributed by atoms with Gasteiger partial charge in [0.15, 0.2) is 0 Å². The van der Waals surface area contributed by atoms with Gasteiger partial charge in [0, 0.05) is 84.8 Å². The Balaban J connectivity index is 1.12. The van der Waals surface area contributed by atoms with Crippen molar-refractivity contribution in [2.45, 2.75) is 44.3 Å². The fraction of sp³-hybridized carbons (Fsp3) is 0.375. The first-order chi connectivity index (χ1) is 20.4. The zero-order valence-corrected chi connectivity index (χ0v) is 23.4. The van der Waals surface area contributed by atoms with E-state index < -0.39 is 0 Å². The SMILES string of the molecule is COc1ccc2c(ccn2CCCNC(=O)[C@@H]2Cc3cc([N+](=O)[O-])ccc3N3CC4CC(Cn5c4cccc5=O)[C@@H]23)c1. The number of aromatic nitrogens is 2. The van der Waals surface area contributed by atoms with Gasteiger partial charge < -0.3 is 24.1 Å². The number of piperidine rings is 1. The minimum Gasteiger partial charge on any atom is -0.497 e. The van der Waals surface area contributed by atoms with Gasteiger partial charge in [-0.25, -0.2) is 0 Å². The summed E-state index contributed by atoms with van der Waals surface area (Å²) in [6.45, 7) is 2.53. The van der Waals surface area contributed by atoms with Gasteiger partial charge in [-0.3, -0.25) is 19.7 Å². The summed E-state index contributed by atoms with van der Waals surface area (Å²) in [5.41, 5.74) is 3.99. The Morgan fingerprint density at radius 3 is 2.83 bits per heavy atom. The van der Waals surface area contributed by atoms with Crippen LogP contribution in [0.3, 0.4) is 0 Å². The van der Waals surface area contributed by atoms with Gasteiger partial charge in [-0.05, 0) is 67.1 Å². The van der Waals surface area contributed by atoms with Crippen molar-refractivity contribution in [2.24, 2.45) is 11.8 Å². The number of pyridine rings is 1. The number of nitrogens with one attached hydrogen (secondary N) is 1. The van der Waals surface area contributed by atoms with Gasteiger partial charge in [-0.1, -0.05) is 6.07 Å². The number of hydrogen-bond donors (Lipinski definition) is 1. The minimum absolute atomic E-state index is 0.000495. The van der Waals surface area contributed by atoms with Gasteiger partial charge in [0.25, 0.3) is 11.2 Å². The van der Waals surface area contributed by atoms with Crippen molar-refractivity contribution >= 4 is 28.2 Å². The van der Waals surface area contributed by atoms with Crippen molar-refractivity contribution in [1.82, 2.24) is 14.5 Å². The van der Waals surface area contributed by atoms with Crippen LogP contribution < -0.4 is 20.5 Å². The van der Waals surface area contributed by atoms with E-state index in [0.29, 0.717) is 26.1 Å². The minimum atomic E-state index is -0.379. The number of rotatable bonds is 7. The lowest BCUT2D eigenvalue weighted by Gasteiger charge is -2.54. The molecular weight excluding hydrogens is 534 g/mol. The molecule has 3 aliphatic heterocycles. The number of benzene rings is 2. The van der Waals surface area contributed by atoms with Crippen LogP contribution in [0.2, 0.25) is 0 Å². The number of nitrogens with zero attached hydrogens (tertiary/aromatic N) is 4. The summed E-state index contributed by atoms with van der Waals surface area (Å²) in [4.78, 5) is 40.1. The van der Waals surface area contributed by atoms with Crippen LogP contribution in [0.1, 0.15) is 30.0 Å². The highest BCUT2D eigenvalue weighted by Crippen LogP contribution is 2.47. The van der Waals surface area contributed by atoms with Crippen LogP contribution in [0.5, 0.6) is 5.75 Å². The molecule has 10 heteroatoms. The molecule has 1 N–H and O–H groups in total. The second-order valence-corrected chi connectivity index (χ2v) is 11.7. The van der Waals surface area contributed by atoms with E-state index >= 15 is 0 Å². The Kier molecular flexibility index (Phi) is 6.48. The molecule has 7 rings (SSSR count). The summed E-state index contributed by atoms with van der Waals surface area (Å²) in [5.74, 6) is 0.704. The van der Waals surface area contributed by atoms with Crippen LogP contribution in [0.15, 0.2) is 71.7 Å². The van der Waals surface area contributed by atoms with Crippen molar-refractivity contribution < 1.29 is 14.5 Å². The molecule has 0 aliphatic carbocycles. The van der Waals surface area contributed by atoms with Crippen LogP contribution in [0, 0.1) is 22.0 Å². The van der Waals surface area contributed by atoms with E-state index in [2.05, 4.69) is 27.0 Å². The molecule has 4 atom stereocenters. The maximum Gasteiger partial charge on any atom is 0.269 e. The first-order valence-corrected chi connectivity index (χ1v) is 14.6. The maximum atomic E-state index is 13.8. The lowest BCUT2D eigenvalue weighted by atomic mass is 9.70. The molecule has 2 aromatic heterocycles.